The molecule has 0 radical (unpaired) electrons. The van der Waals surface area contributed by atoms with E-state index in [2.05, 4.69) is 6.58 Å². The summed E-state index contributed by atoms with van der Waals surface area (Å²) < 4.78 is 16.3. The average molecular weight is 367 g/mol. The molecule has 1 aliphatic heterocycles. The zero-order chi connectivity index (χ0) is 19.4. The fourth-order valence-corrected chi connectivity index (χ4v) is 2.81. The molecule has 0 unspecified atom stereocenters. The van der Waals surface area contributed by atoms with Crippen LogP contribution in [0, 0.1) is 0 Å². The standard InChI is InChI=1S/C21H21NO5/c1-14-9-19(26-3)22(12-14)21(24)20-17(23)10-16(25-2)11-18(20)27-13-15-7-5-4-6-8-15/h4-11,23H,1,12-13H2,2-3H3. The van der Waals surface area contributed by atoms with Crippen LogP contribution in [0.5, 0.6) is 17.2 Å². The van der Waals surface area contributed by atoms with Gasteiger partial charge in [0.05, 0.1) is 20.8 Å². The van der Waals surface area contributed by atoms with Crippen molar-refractivity contribution in [1.29, 1.82) is 0 Å². The van der Waals surface area contributed by atoms with E-state index in [4.69, 9.17) is 14.2 Å². The SMILES string of the molecule is C=C1C=C(OC)N(C(=O)c2c(O)cc(OC)cc2OCc2ccccc2)C1. The highest BCUT2D eigenvalue weighted by molar-refractivity contribution is 6.01. The molecule has 0 aliphatic carbocycles. The van der Waals surface area contributed by atoms with E-state index in [1.807, 2.05) is 30.3 Å². The van der Waals surface area contributed by atoms with Crippen LogP contribution in [0.2, 0.25) is 0 Å². The summed E-state index contributed by atoms with van der Waals surface area (Å²) >= 11 is 0. The number of hydrogen-bond donors (Lipinski definition) is 1. The Morgan fingerprint density at radius 1 is 1.19 bits per heavy atom. The number of amides is 1. The first-order valence-corrected chi connectivity index (χ1v) is 8.36. The van der Waals surface area contributed by atoms with E-state index < -0.39 is 5.91 Å². The predicted octanol–water partition coefficient (Wildman–Crippen LogP) is 3.48. The van der Waals surface area contributed by atoms with Crippen LogP contribution in [-0.2, 0) is 11.3 Å². The van der Waals surface area contributed by atoms with Crippen molar-refractivity contribution in [3.63, 3.8) is 0 Å². The Kier molecular flexibility index (Phi) is 5.35. The van der Waals surface area contributed by atoms with Crippen LogP contribution in [-0.4, -0.2) is 36.7 Å². The molecule has 1 heterocycles. The zero-order valence-corrected chi connectivity index (χ0v) is 15.3. The Balaban J connectivity index is 1.94. The number of rotatable bonds is 6. The second kappa shape index (κ2) is 7.86. The van der Waals surface area contributed by atoms with Crippen molar-refractivity contribution in [2.45, 2.75) is 6.61 Å². The zero-order valence-electron chi connectivity index (χ0n) is 15.3. The fraction of sp³-hybridized carbons (Fsp3) is 0.190. The van der Waals surface area contributed by atoms with Gasteiger partial charge in [0, 0.05) is 18.2 Å². The van der Waals surface area contributed by atoms with Crippen LogP contribution in [0.3, 0.4) is 0 Å². The van der Waals surface area contributed by atoms with Crippen molar-refractivity contribution in [1.82, 2.24) is 4.90 Å². The molecule has 1 N–H and O–H groups in total. The maximum atomic E-state index is 13.1. The number of benzene rings is 2. The van der Waals surface area contributed by atoms with Crippen molar-refractivity contribution >= 4 is 5.91 Å². The third-order valence-corrected chi connectivity index (χ3v) is 4.15. The Hall–Kier alpha value is -3.41. The third-order valence-electron chi connectivity index (χ3n) is 4.15. The van der Waals surface area contributed by atoms with Crippen LogP contribution >= 0.6 is 0 Å². The second-order valence-electron chi connectivity index (χ2n) is 6.03. The monoisotopic (exact) mass is 367 g/mol. The number of hydrogen-bond acceptors (Lipinski definition) is 5. The molecule has 27 heavy (non-hydrogen) atoms. The Labute approximate surface area is 157 Å². The number of phenolic OH excluding ortho intramolecular Hbond substituents is 1. The molecule has 0 fully saturated rings. The number of methoxy groups -OCH3 is 2. The van der Waals surface area contributed by atoms with Gasteiger partial charge in [-0.3, -0.25) is 9.69 Å². The van der Waals surface area contributed by atoms with Gasteiger partial charge in [0.15, 0.2) is 5.88 Å². The lowest BCUT2D eigenvalue weighted by Crippen LogP contribution is -2.29. The van der Waals surface area contributed by atoms with E-state index in [1.54, 1.807) is 12.1 Å². The molecule has 0 saturated heterocycles. The van der Waals surface area contributed by atoms with Crippen LogP contribution in [0.15, 0.2) is 66.6 Å². The molecule has 0 aromatic heterocycles. The molecule has 0 atom stereocenters. The molecule has 0 bridgehead atoms. The predicted molar refractivity (Wildman–Crippen MR) is 101 cm³/mol. The molecule has 6 nitrogen and oxygen atoms in total. The first-order valence-electron chi connectivity index (χ1n) is 8.36. The molecule has 2 aromatic rings. The highest BCUT2D eigenvalue weighted by Crippen LogP contribution is 2.36. The summed E-state index contributed by atoms with van der Waals surface area (Å²) in [4.78, 5) is 14.5. The molecule has 2 aromatic carbocycles. The fourth-order valence-electron chi connectivity index (χ4n) is 2.81. The summed E-state index contributed by atoms with van der Waals surface area (Å²) in [5.41, 5.74) is 1.72. The highest BCUT2D eigenvalue weighted by atomic mass is 16.5. The minimum Gasteiger partial charge on any atom is -0.507 e. The van der Waals surface area contributed by atoms with Crippen molar-refractivity contribution in [3.8, 4) is 17.2 Å². The van der Waals surface area contributed by atoms with Crippen LogP contribution in [0.1, 0.15) is 15.9 Å². The molecule has 0 spiro atoms. The van der Waals surface area contributed by atoms with E-state index in [0.29, 0.717) is 11.6 Å². The minimum atomic E-state index is -0.440. The lowest BCUT2D eigenvalue weighted by atomic mass is 10.1. The van der Waals surface area contributed by atoms with Crippen molar-refractivity contribution in [2.24, 2.45) is 0 Å². The normalized spacial score (nSPS) is 13.3. The Morgan fingerprint density at radius 3 is 2.59 bits per heavy atom. The number of phenols is 1. The number of nitrogens with zero attached hydrogens (tertiary/aromatic N) is 1. The number of ether oxygens (including phenoxy) is 3. The first-order chi connectivity index (χ1) is 13.0. The Morgan fingerprint density at radius 2 is 1.93 bits per heavy atom. The Bertz CT molecular complexity index is 889. The maximum Gasteiger partial charge on any atom is 0.268 e. The van der Waals surface area contributed by atoms with E-state index in [0.717, 1.165) is 11.1 Å². The van der Waals surface area contributed by atoms with Gasteiger partial charge in [-0.2, -0.15) is 0 Å². The third kappa shape index (κ3) is 3.89. The van der Waals surface area contributed by atoms with E-state index in [-0.39, 0.29) is 30.2 Å². The van der Waals surface area contributed by atoms with Crippen LogP contribution < -0.4 is 9.47 Å². The topological polar surface area (TPSA) is 68.2 Å². The van der Waals surface area contributed by atoms with Crippen LogP contribution in [0.25, 0.3) is 0 Å². The van der Waals surface area contributed by atoms with E-state index in [1.165, 1.54) is 25.2 Å². The van der Waals surface area contributed by atoms with Gasteiger partial charge in [-0.15, -0.1) is 0 Å². The molecule has 1 aliphatic rings. The largest absolute Gasteiger partial charge is 0.507 e. The number of carbonyl (C=O) groups is 1. The lowest BCUT2D eigenvalue weighted by Gasteiger charge is -2.21. The van der Waals surface area contributed by atoms with E-state index in [9.17, 15) is 9.90 Å². The minimum absolute atomic E-state index is 0.0457. The molecular weight excluding hydrogens is 346 g/mol. The summed E-state index contributed by atoms with van der Waals surface area (Å²) in [7, 11) is 2.96. The van der Waals surface area contributed by atoms with Gasteiger partial charge in [-0.1, -0.05) is 36.9 Å². The van der Waals surface area contributed by atoms with Crippen molar-refractivity contribution < 1.29 is 24.1 Å². The molecule has 6 heteroatoms. The van der Waals surface area contributed by atoms with E-state index >= 15 is 0 Å². The highest BCUT2D eigenvalue weighted by Gasteiger charge is 2.30. The van der Waals surface area contributed by atoms with Gasteiger partial charge in [0.2, 0.25) is 0 Å². The average Bonchev–Trinajstić information content (AvgIpc) is 3.07. The number of aromatic hydroxyl groups is 1. The maximum absolute atomic E-state index is 13.1. The van der Waals surface area contributed by atoms with Gasteiger partial charge in [-0.25, -0.2) is 0 Å². The van der Waals surface area contributed by atoms with Gasteiger partial charge in [0.25, 0.3) is 5.91 Å². The molecular formula is C21H21NO5. The summed E-state index contributed by atoms with van der Waals surface area (Å²) in [6.45, 7) is 4.39. The van der Waals surface area contributed by atoms with Crippen LogP contribution in [0.4, 0.5) is 0 Å². The smallest absolute Gasteiger partial charge is 0.268 e. The van der Waals surface area contributed by atoms with Crippen molar-refractivity contribution in [3.05, 3.63) is 77.7 Å². The summed E-state index contributed by atoms with van der Waals surface area (Å²) in [6.07, 6.45) is 1.68. The molecule has 0 saturated carbocycles. The summed E-state index contributed by atoms with van der Waals surface area (Å²) in [5, 5.41) is 10.5. The molecule has 140 valence electrons. The second-order valence-corrected chi connectivity index (χ2v) is 6.03. The molecule has 1 amide bonds. The first kappa shape index (κ1) is 18.4. The number of carbonyl (C=O) groups excluding carboxylic acids is 1. The van der Waals surface area contributed by atoms with Gasteiger partial charge in [0.1, 0.15) is 29.4 Å². The van der Waals surface area contributed by atoms with Gasteiger partial charge in [-0.05, 0) is 11.1 Å². The summed E-state index contributed by atoms with van der Waals surface area (Å²) in [6, 6.07) is 12.5. The van der Waals surface area contributed by atoms with Gasteiger partial charge >= 0.3 is 0 Å². The van der Waals surface area contributed by atoms with Gasteiger partial charge < -0.3 is 19.3 Å². The van der Waals surface area contributed by atoms with Crippen molar-refractivity contribution in [2.75, 3.05) is 20.8 Å². The molecule has 3 rings (SSSR count). The lowest BCUT2D eigenvalue weighted by molar-refractivity contribution is 0.0716. The quantitative estimate of drug-likeness (QED) is 0.847. The summed E-state index contributed by atoms with van der Waals surface area (Å²) in [5.74, 6) is 0.323.